The molecule has 0 bridgehead atoms. The van der Waals surface area contributed by atoms with Crippen LogP contribution in [0.4, 0.5) is 20.1 Å². The van der Waals surface area contributed by atoms with Gasteiger partial charge in [0.05, 0.1) is 115 Å². The molecule has 2 aliphatic heterocycles. The fourth-order valence-electron chi connectivity index (χ4n) is 14.6. The number of nitrogens with zero attached hydrogens (tertiary/aromatic N) is 4. The van der Waals surface area contributed by atoms with Crippen molar-refractivity contribution < 1.29 is 110 Å². The Morgan fingerprint density at radius 2 is 1.15 bits per heavy atom. The van der Waals surface area contributed by atoms with Gasteiger partial charge in [-0.2, -0.15) is 0 Å². The van der Waals surface area contributed by atoms with E-state index in [9.17, 15) is 67.4 Å². The van der Waals surface area contributed by atoms with Gasteiger partial charge >= 0.3 is 18.2 Å². The highest BCUT2D eigenvalue weighted by molar-refractivity contribution is 6.13. The fourth-order valence-corrected chi connectivity index (χ4v) is 14.6. The lowest BCUT2D eigenvalue weighted by Gasteiger charge is -2.41. The Hall–Kier alpha value is -9.47. The molecule has 0 unspecified atom stereocenters. The van der Waals surface area contributed by atoms with Crippen LogP contribution < -0.4 is 54.0 Å². The Morgan fingerprint density at radius 3 is 1.72 bits per heavy atom. The van der Waals surface area contributed by atoms with E-state index in [1.165, 1.54) is 38.3 Å². The molecule has 2 heterocycles. The summed E-state index contributed by atoms with van der Waals surface area (Å²) in [6, 6.07) is 6.84. The average molecular weight is 1750 g/mol. The van der Waals surface area contributed by atoms with Gasteiger partial charge in [-0.25, -0.2) is 14.4 Å². The minimum absolute atomic E-state index is 0.00813. The number of anilines is 1. The van der Waals surface area contributed by atoms with Gasteiger partial charge in [-0.05, 0) is 112 Å². The minimum Gasteiger partial charge on any atom is -0.447 e. The van der Waals surface area contributed by atoms with Crippen molar-refractivity contribution in [1.82, 2.24) is 56.8 Å². The Morgan fingerprint density at radius 1 is 0.581 bits per heavy atom. The second-order valence-corrected chi connectivity index (χ2v) is 32.2. The van der Waals surface area contributed by atoms with Crippen molar-refractivity contribution in [2.45, 2.75) is 226 Å². The number of benzene rings is 2. The molecule has 0 radical (unpaired) electrons. The monoisotopic (exact) mass is 1750 g/mol. The van der Waals surface area contributed by atoms with Crippen molar-refractivity contribution >= 4 is 83.0 Å². The number of likely N-dealkylation sites (N-methyl/N-ethyl adjacent to an activating group) is 2. The number of nitrogens with two attached hydrogens (primary N) is 2. The van der Waals surface area contributed by atoms with Gasteiger partial charge in [0.1, 0.15) is 43.4 Å². The van der Waals surface area contributed by atoms with Gasteiger partial charge in [0.25, 0.3) is 11.8 Å². The number of methoxy groups -OCH3 is 2. The minimum atomic E-state index is -1.25. The predicted octanol–water partition coefficient (Wildman–Crippen LogP) is 4.50. The summed E-state index contributed by atoms with van der Waals surface area (Å²) in [5, 5.41) is 33.1. The van der Waals surface area contributed by atoms with Crippen molar-refractivity contribution in [2.24, 2.45) is 41.1 Å². The summed E-state index contributed by atoms with van der Waals surface area (Å²) in [6.45, 7) is 22.4. The molecule has 2 aromatic carbocycles. The lowest BCUT2D eigenvalue weighted by Crippen LogP contribution is -2.60. The molecule has 4 rings (SSSR count). The van der Waals surface area contributed by atoms with Gasteiger partial charge in [-0.3, -0.25) is 57.7 Å². The molecule has 0 saturated carbocycles. The largest absolute Gasteiger partial charge is 0.447 e. The van der Waals surface area contributed by atoms with Gasteiger partial charge < -0.3 is 112 Å². The summed E-state index contributed by atoms with van der Waals surface area (Å²) < 4.78 is 50.1. The van der Waals surface area contributed by atoms with Crippen LogP contribution in [-0.2, 0) is 97.2 Å². The number of primary amides is 1. The van der Waals surface area contributed by atoms with Crippen LogP contribution in [0, 0.1) is 29.6 Å². The van der Waals surface area contributed by atoms with Gasteiger partial charge in [-0.15, -0.1) is 0 Å². The number of likely N-dealkylation sites (tertiary alicyclic amines) is 1. The van der Waals surface area contributed by atoms with E-state index in [4.69, 9.17) is 54.1 Å². The number of rotatable bonds is 62. The highest BCUT2D eigenvalue weighted by Gasteiger charge is 2.45. The molecule has 14 amide bonds. The highest BCUT2D eigenvalue weighted by Crippen LogP contribution is 2.31. The second kappa shape index (κ2) is 58.7. The SMILES string of the molecule is CC[C@H](C)[C@@H]([C@H](CC(=O)N1CCC[C@H]1[C@H](OC)[C@@H](C)C(=O)N[C@@H](C)[C@H](O)c1ccccc1)OC)N(C)C(=O)[C@@H](NC(=O)[C@H](C(C)C)N(C)C(=O)OCc1ccc(NC(=O)[C@H](CCCNC(N)=O)NC(=O)[C@@H](NC(=O)[C@H](CCCCNC(=O)OCCOCCOCCOCCOCCOCCN)NC(=O)CCCCCN2C(=O)C=CC2=O)C(C)C)cc1)C(C)C. The maximum absolute atomic E-state index is 14.9. The van der Waals surface area contributed by atoms with E-state index in [0.29, 0.717) is 128 Å². The van der Waals surface area contributed by atoms with Crippen molar-refractivity contribution in [2.75, 3.05) is 139 Å². The molecule has 124 heavy (non-hydrogen) atoms. The molecule has 2 aromatic rings. The number of ether oxygens (including phenoxy) is 9. The molecule has 37 nitrogen and oxygen atoms in total. The van der Waals surface area contributed by atoms with Crippen molar-refractivity contribution in [3.63, 3.8) is 0 Å². The van der Waals surface area contributed by atoms with Crippen LogP contribution >= 0.6 is 0 Å². The van der Waals surface area contributed by atoms with E-state index >= 15 is 0 Å². The number of aliphatic hydroxyl groups excluding tert-OH is 1. The summed E-state index contributed by atoms with van der Waals surface area (Å²) in [7, 11) is 6.03. The number of urea groups is 1. The third-order valence-corrected chi connectivity index (χ3v) is 21.7. The van der Waals surface area contributed by atoms with Crippen LogP contribution in [0.5, 0.6) is 0 Å². The van der Waals surface area contributed by atoms with Crippen LogP contribution in [-0.4, -0.2) is 296 Å². The molecule has 2 aliphatic rings. The Bertz CT molecular complexity index is 3620. The van der Waals surface area contributed by atoms with Crippen molar-refractivity contribution in [3.05, 3.63) is 77.9 Å². The molecule has 1 fully saturated rings. The fraction of sp³-hybridized carbons (Fsp3) is 0.690. The van der Waals surface area contributed by atoms with Gasteiger partial charge in [0.2, 0.25) is 47.3 Å². The summed E-state index contributed by atoms with van der Waals surface area (Å²) in [4.78, 5) is 182. The smallest absolute Gasteiger partial charge is 0.410 e. The zero-order valence-electron chi connectivity index (χ0n) is 75.2. The number of carbonyl (C=O) groups is 13. The van der Waals surface area contributed by atoms with Crippen molar-refractivity contribution in [3.8, 4) is 0 Å². The third-order valence-electron chi connectivity index (χ3n) is 21.7. The molecule has 0 aromatic heterocycles. The topological polar surface area (TPSA) is 486 Å². The lowest BCUT2D eigenvalue weighted by atomic mass is 9.89. The van der Waals surface area contributed by atoms with E-state index in [-0.39, 0.29) is 102 Å². The van der Waals surface area contributed by atoms with Crippen LogP contribution in [0.25, 0.3) is 0 Å². The number of imide groups is 1. The molecule has 37 heteroatoms. The number of nitrogens with one attached hydrogen (secondary N) is 8. The summed E-state index contributed by atoms with van der Waals surface area (Å²) in [5.41, 5.74) is 12.1. The molecule has 13 atom stereocenters. The van der Waals surface area contributed by atoms with E-state index in [0.717, 1.165) is 9.80 Å². The van der Waals surface area contributed by atoms with Crippen LogP contribution in [0.2, 0.25) is 0 Å². The maximum Gasteiger partial charge on any atom is 0.410 e. The van der Waals surface area contributed by atoms with Crippen LogP contribution in [0.1, 0.15) is 170 Å². The summed E-state index contributed by atoms with van der Waals surface area (Å²) in [6.07, 6.45) is 2.27. The van der Waals surface area contributed by atoms with Gasteiger partial charge in [0, 0.05) is 85.3 Å². The number of hydrogen-bond acceptors (Lipinski definition) is 24. The maximum atomic E-state index is 14.9. The van der Waals surface area contributed by atoms with E-state index < -0.39 is 156 Å². The van der Waals surface area contributed by atoms with Crippen LogP contribution in [0.3, 0.4) is 0 Å². The molecular weight excluding hydrogens is 1610 g/mol. The molecule has 1 saturated heterocycles. The Kier molecular flexibility index (Phi) is 50.6. The lowest BCUT2D eigenvalue weighted by molar-refractivity contribution is -0.148. The second-order valence-electron chi connectivity index (χ2n) is 32.2. The zero-order chi connectivity index (χ0) is 91.8. The number of carbonyl (C=O) groups excluding carboxylic acids is 13. The Labute approximate surface area is 730 Å². The third kappa shape index (κ3) is 37.8. The summed E-state index contributed by atoms with van der Waals surface area (Å²) in [5.74, 6) is -7.50. The molecule has 0 aliphatic carbocycles. The average Bonchev–Trinajstić information content (AvgIpc) is 1.68. The van der Waals surface area contributed by atoms with Gasteiger partial charge in [-0.1, -0.05) is 118 Å². The van der Waals surface area contributed by atoms with Crippen LogP contribution in [0.15, 0.2) is 66.7 Å². The highest BCUT2D eigenvalue weighted by atomic mass is 16.6. The predicted molar refractivity (Wildman–Crippen MR) is 462 cm³/mol. The zero-order valence-corrected chi connectivity index (χ0v) is 75.2. The molecule has 698 valence electrons. The quantitative estimate of drug-likeness (QED) is 0.0321. The van der Waals surface area contributed by atoms with E-state index in [2.05, 4.69) is 42.5 Å². The van der Waals surface area contributed by atoms with Gasteiger partial charge in [0.15, 0.2) is 0 Å². The number of alkyl carbamates (subject to hydrolysis) is 1. The first-order valence-corrected chi connectivity index (χ1v) is 43.4. The van der Waals surface area contributed by atoms with Crippen molar-refractivity contribution in [1.29, 1.82) is 0 Å². The Balaban J connectivity index is 1.37. The first-order chi connectivity index (χ1) is 59.2. The number of aliphatic hydroxyl groups is 1. The molecule has 13 N–H and O–H groups in total. The standard InChI is InChI=1S/C87H142N14O23/c1-15-59(8)76(68(116-13)54-72(105)100-42-25-30-67(100)78(117-14)60(9)79(107)92-61(10)77(106)63-26-18-16-19-27-63)98(11)84(112)74(57(4)5)97-83(111)75(58(6)7)99(12)87(115)124-55-62-32-34-64(35-33-62)93-80(108)66(29-24-40-90-85(89)113)95-82(110)73(56(2)3)96-81(109)65(94-69(102)31-20-17-23-41-101-70(103)36-37-71(101)104)28-21-22-39-91-86(114)123-53-52-122-51-50-121-49-48-120-47-46-119-45-44-118-43-38-88/h16,18-19,26-27,32-37,56-61,65-68,73-78,106H,15,17,20-25,28-31,38-55,88H2,1-14H3,(H,91,114)(H,92,107)(H,93,108)(H,94,102)(H,95,110)(H,96,109)(H,97,111)(H3,89,90,113)/t59-,60+,61-,65-,66-,67-,68-,73-,74-,75-,76-,77-,78+/m0/s1. The van der Waals surface area contributed by atoms with E-state index in [1.54, 1.807) is 104 Å². The first kappa shape index (κ1) is 107. The molecular formula is C87H142N14O23. The first-order valence-electron chi connectivity index (χ1n) is 43.4. The number of hydrogen-bond donors (Lipinski definition) is 11. The summed E-state index contributed by atoms with van der Waals surface area (Å²) >= 11 is 0. The number of amides is 14. The normalized spacial score (nSPS) is 16.2. The van der Waals surface area contributed by atoms with E-state index in [1.807, 2.05) is 32.0 Å². The molecule has 0 spiro atoms. The number of unbranched alkanes of at least 4 members (excludes halogenated alkanes) is 3.